The van der Waals surface area contributed by atoms with Crippen molar-refractivity contribution in [1.29, 1.82) is 0 Å². The lowest BCUT2D eigenvalue weighted by molar-refractivity contribution is 0.318. The lowest BCUT2D eigenvalue weighted by Crippen LogP contribution is -2.32. The average Bonchev–Trinajstić information content (AvgIpc) is 2.52. The fraction of sp³-hybridized carbons (Fsp3) is 0.235. The van der Waals surface area contributed by atoms with Crippen molar-refractivity contribution in [3.63, 3.8) is 0 Å². The Balaban J connectivity index is 2.40. The fourth-order valence-corrected chi connectivity index (χ4v) is 2.32. The molecule has 2 aromatic rings. The number of rotatable bonds is 5. The van der Waals surface area contributed by atoms with E-state index in [2.05, 4.69) is 36.0 Å². The third-order valence-electron chi connectivity index (χ3n) is 3.42. The quantitative estimate of drug-likeness (QED) is 0.383. The number of anilines is 1. The number of oxime groups is 1. The maximum atomic E-state index is 8.97. The first-order valence-electron chi connectivity index (χ1n) is 7.01. The van der Waals surface area contributed by atoms with Crippen LogP contribution in [0.3, 0.4) is 0 Å². The van der Waals surface area contributed by atoms with E-state index in [1.54, 1.807) is 0 Å². The first-order chi connectivity index (χ1) is 10.1. The zero-order chi connectivity index (χ0) is 15.2. The van der Waals surface area contributed by atoms with E-state index in [0.29, 0.717) is 0 Å². The molecule has 0 atom stereocenters. The highest BCUT2D eigenvalue weighted by atomic mass is 16.4. The summed E-state index contributed by atoms with van der Waals surface area (Å²) in [5.74, 6) is 0.129. The molecule has 4 nitrogen and oxygen atoms in total. The molecule has 0 amide bonds. The fourth-order valence-electron chi connectivity index (χ4n) is 2.32. The largest absolute Gasteiger partial charge is 0.409 e. The van der Waals surface area contributed by atoms with Crippen LogP contribution >= 0.6 is 0 Å². The average molecular weight is 283 g/mol. The first kappa shape index (κ1) is 14.9. The smallest absolute Gasteiger partial charge is 0.172 e. The van der Waals surface area contributed by atoms with Gasteiger partial charge in [0.05, 0.1) is 0 Å². The van der Waals surface area contributed by atoms with Gasteiger partial charge in [-0.1, -0.05) is 47.6 Å². The molecule has 2 rings (SSSR count). The normalized spacial score (nSPS) is 11.7. The molecule has 21 heavy (non-hydrogen) atoms. The van der Waals surface area contributed by atoms with Crippen LogP contribution in [0.1, 0.15) is 25.0 Å². The van der Waals surface area contributed by atoms with E-state index in [4.69, 9.17) is 10.9 Å². The predicted octanol–water partition coefficient (Wildman–Crippen LogP) is 3.20. The molecule has 110 valence electrons. The van der Waals surface area contributed by atoms with Crippen LogP contribution < -0.4 is 10.6 Å². The third kappa shape index (κ3) is 3.54. The summed E-state index contributed by atoms with van der Waals surface area (Å²) in [6.45, 7) is 5.03. The minimum atomic E-state index is 0.129. The molecule has 2 aromatic carbocycles. The van der Waals surface area contributed by atoms with E-state index in [9.17, 15) is 0 Å². The Morgan fingerprint density at radius 2 is 1.71 bits per heavy atom. The van der Waals surface area contributed by atoms with Gasteiger partial charge in [0.1, 0.15) is 0 Å². The highest BCUT2D eigenvalue weighted by Gasteiger charge is 2.16. The van der Waals surface area contributed by atoms with E-state index in [-0.39, 0.29) is 11.9 Å². The van der Waals surface area contributed by atoms with E-state index in [0.717, 1.165) is 17.8 Å². The summed E-state index contributed by atoms with van der Waals surface area (Å²) in [5, 5.41) is 12.1. The van der Waals surface area contributed by atoms with Crippen molar-refractivity contribution in [2.45, 2.75) is 26.4 Å². The monoisotopic (exact) mass is 283 g/mol. The number of nitrogens with zero attached hydrogens (tertiary/aromatic N) is 2. The second-order valence-electron chi connectivity index (χ2n) is 5.21. The summed E-state index contributed by atoms with van der Waals surface area (Å²) >= 11 is 0. The summed E-state index contributed by atoms with van der Waals surface area (Å²) in [6, 6.07) is 18.3. The Bertz CT molecular complexity index is 608. The van der Waals surface area contributed by atoms with Gasteiger partial charge in [-0.3, -0.25) is 0 Å². The molecule has 0 spiro atoms. The summed E-state index contributed by atoms with van der Waals surface area (Å²) in [7, 11) is 0. The number of hydrogen-bond donors (Lipinski definition) is 2. The molecule has 0 saturated carbocycles. The van der Waals surface area contributed by atoms with Gasteiger partial charge >= 0.3 is 0 Å². The van der Waals surface area contributed by atoms with E-state index >= 15 is 0 Å². The number of para-hydroxylation sites is 1. The van der Waals surface area contributed by atoms with Gasteiger partial charge in [-0.2, -0.15) is 0 Å². The minimum Gasteiger partial charge on any atom is -0.409 e. The molecule has 3 N–H and O–H groups in total. The van der Waals surface area contributed by atoms with Gasteiger partial charge in [0, 0.05) is 23.8 Å². The molecular weight excluding hydrogens is 262 g/mol. The standard InChI is InChI=1S/C17H21N3O/c1-13(2)20(12-14-8-4-3-5-9-14)16-11-7-6-10-15(16)17(18)19-21/h3-11,13,21H,12H2,1-2H3,(H2,18,19). The number of hydrogen-bond acceptors (Lipinski definition) is 3. The Morgan fingerprint density at radius 3 is 2.33 bits per heavy atom. The van der Waals surface area contributed by atoms with Crippen molar-refractivity contribution >= 4 is 11.5 Å². The van der Waals surface area contributed by atoms with Crippen molar-refractivity contribution in [3.8, 4) is 0 Å². The predicted molar refractivity (Wildman–Crippen MR) is 86.7 cm³/mol. The second-order valence-corrected chi connectivity index (χ2v) is 5.21. The van der Waals surface area contributed by atoms with E-state index in [1.165, 1.54) is 5.56 Å². The second kappa shape index (κ2) is 6.79. The van der Waals surface area contributed by atoms with Crippen molar-refractivity contribution in [2.24, 2.45) is 10.9 Å². The van der Waals surface area contributed by atoms with Crippen LogP contribution in [-0.4, -0.2) is 17.1 Å². The molecule has 0 aliphatic rings. The summed E-state index contributed by atoms with van der Waals surface area (Å²) in [5.41, 5.74) is 8.73. The van der Waals surface area contributed by atoms with Crippen LogP contribution in [-0.2, 0) is 6.54 Å². The van der Waals surface area contributed by atoms with Gasteiger partial charge in [-0.05, 0) is 31.5 Å². The Morgan fingerprint density at radius 1 is 1.10 bits per heavy atom. The highest BCUT2D eigenvalue weighted by Crippen LogP contribution is 2.24. The summed E-state index contributed by atoms with van der Waals surface area (Å²) in [6.07, 6.45) is 0. The number of amidine groups is 1. The van der Waals surface area contributed by atoms with Crippen LogP contribution in [0.4, 0.5) is 5.69 Å². The Hall–Kier alpha value is -2.49. The molecule has 0 saturated heterocycles. The lowest BCUT2D eigenvalue weighted by atomic mass is 10.1. The topological polar surface area (TPSA) is 61.8 Å². The Kier molecular flexibility index (Phi) is 4.82. The van der Waals surface area contributed by atoms with Crippen molar-refractivity contribution in [3.05, 3.63) is 65.7 Å². The third-order valence-corrected chi connectivity index (χ3v) is 3.42. The van der Waals surface area contributed by atoms with Gasteiger partial charge in [-0.15, -0.1) is 0 Å². The first-order valence-corrected chi connectivity index (χ1v) is 7.01. The van der Waals surface area contributed by atoms with Crippen LogP contribution in [0.25, 0.3) is 0 Å². The van der Waals surface area contributed by atoms with Crippen LogP contribution in [0.15, 0.2) is 59.8 Å². The molecule has 0 aromatic heterocycles. The maximum absolute atomic E-state index is 8.97. The van der Waals surface area contributed by atoms with Crippen LogP contribution in [0.2, 0.25) is 0 Å². The highest BCUT2D eigenvalue weighted by molar-refractivity contribution is 6.02. The van der Waals surface area contributed by atoms with E-state index < -0.39 is 0 Å². The Labute approximate surface area is 125 Å². The number of nitrogens with two attached hydrogens (primary N) is 1. The molecule has 0 heterocycles. The molecular formula is C17H21N3O. The molecule has 4 heteroatoms. The molecule has 0 aliphatic carbocycles. The molecule has 0 bridgehead atoms. The SMILES string of the molecule is CC(C)N(Cc1ccccc1)c1ccccc1/C(N)=N/O. The minimum absolute atomic E-state index is 0.129. The van der Waals surface area contributed by atoms with Crippen molar-refractivity contribution in [1.82, 2.24) is 0 Å². The van der Waals surface area contributed by atoms with Crippen LogP contribution in [0.5, 0.6) is 0 Å². The zero-order valence-electron chi connectivity index (χ0n) is 12.4. The summed E-state index contributed by atoms with van der Waals surface area (Å²) in [4.78, 5) is 2.24. The molecule has 0 radical (unpaired) electrons. The van der Waals surface area contributed by atoms with Crippen molar-refractivity contribution in [2.75, 3.05) is 4.90 Å². The number of benzene rings is 2. The molecule has 0 fully saturated rings. The van der Waals surface area contributed by atoms with Gasteiger partial charge in [-0.25, -0.2) is 0 Å². The van der Waals surface area contributed by atoms with E-state index in [1.807, 2.05) is 42.5 Å². The summed E-state index contributed by atoms with van der Waals surface area (Å²) < 4.78 is 0. The molecule has 0 unspecified atom stereocenters. The molecule has 0 aliphatic heterocycles. The van der Waals surface area contributed by atoms with Crippen LogP contribution in [0, 0.1) is 0 Å². The van der Waals surface area contributed by atoms with Gasteiger partial charge in [0.2, 0.25) is 0 Å². The maximum Gasteiger partial charge on any atom is 0.172 e. The van der Waals surface area contributed by atoms with Gasteiger partial charge in [0.15, 0.2) is 5.84 Å². The van der Waals surface area contributed by atoms with Gasteiger partial charge < -0.3 is 15.8 Å². The zero-order valence-corrected chi connectivity index (χ0v) is 12.4. The van der Waals surface area contributed by atoms with Crippen molar-refractivity contribution < 1.29 is 5.21 Å². The lowest BCUT2D eigenvalue weighted by Gasteiger charge is -2.31. The van der Waals surface area contributed by atoms with Gasteiger partial charge in [0.25, 0.3) is 0 Å².